The van der Waals surface area contributed by atoms with Crippen molar-refractivity contribution < 1.29 is 14.7 Å². The summed E-state index contributed by atoms with van der Waals surface area (Å²) in [6.07, 6.45) is 2.16. The average Bonchev–Trinajstić information content (AvgIpc) is 3.07. The van der Waals surface area contributed by atoms with Crippen molar-refractivity contribution in [3.05, 3.63) is 29.3 Å². The highest BCUT2D eigenvalue weighted by atomic mass is 35.5. The van der Waals surface area contributed by atoms with Crippen molar-refractivity contribution in [3.8, 4) is 0 Å². The number of carbonyl (C=O) groups excluding carboxylic acids is 2. The van der Waals surface area contributed by atoms with Gasteiger partial charge >= 0.3 is 0 Å². The van der Waals surface area contributed by atoms with Crippen LogP contribution in [0.4, 0.5) is 5.69 Å². The molecule has 1 aliphatic heterocycles. The minimum Gasteiger partial charge on any atom is -0.392 e. The predicted molar refractivity (Wildman–Crippen MR) is 83.7 cm³/mol. The molecule has 2 fully saturated rings. The van der Waals surface area contributed by atoms with Gasteiger partial charge in [-0.2, -0.15) is 0 Å². The first-order chi connectivity index (χ1) is 10.6. The Morgan fingerprint density at radius 1 is 1.27 bits per heavy atom. The van der Waals surface area contributed by atoms with Gasteiger partial charge in [0.15, 0.2) is 0 Å². The molecule has 118 valence electrons. The summed E-state index contributed by atoms with van der Waals surface area (Å²) in [5.74, 6) is -0.750. The number of halogens is 1. The Bertz CT molecular complexity index is 593. The average molecular weight is 323 g/mol. The molecule has 2 aliphatic rings. The van der Waals surface area contributed by atoms with Crippen molar-refractivity contribution in [1.29, 1.82) is 0 Å². The molecule has 0 aromatic heterocycles. The van der Waals surface area contributed by atoms with E-state index in [1.54, 1.807) is 17.0 Å². The minimum atomic E-state index is -0.587. The molecule has 0 bridgehead atoms. The smallest absolute Gasteiger partial charge is 0.249 e. The first-order valence-electron chi connectivity index (χ1n) is 7.62. The third kappa shape index (κ3) is 2.83. The summed E-state index contributed by atoms with van der Waals surface area (Å²) in [6, 6.07) is 6.65. The molecule has 1 aromatic rings. The maximum atomic E-state index is 12.5. The van der Waals surface area contributed by atoms with Crippen LogP contribution in [0.3, 0.4) is 0 Å². The molecule has 1 saturated carbocycles. The molecule has 2 N–H and O–H groups in total. The molecular formula is C16H19ClN2O3. The van der Waals surface area contributed by atoms with Crippen LogP contribution in [-0.2, 0) is 9.59 Å². The first-order valence-corrected chi connectivity index (χ1v) is 8.00. The van der Waals surface area contributed by atoms with E-state index in [4.69, 9.17) is 11.6 Å². The van der Waals surface area contributed by atoms with Gasteiger partial charge in [0.05, 0.1) is 22.7 Å². The summed E-state index contributed by atoms with van der Waals surface area (Å²) in [5, 5.41) is 13.1. The number of hydrogen-bond acceptors (Lipinski definition) is 3. The number of nitrogens with zero attached hydrogens (tertiary/aromatic N) is 1. The lowest BCUT2D eigenvalue weighted by Crippen LogP contribution is -2.45. The fraction of sp³-hybridized carbons (Fsp3) is 0.500. The van der Waals surface area contributed by atoms with Crippen molar-refractivity contribution in [1.82, 2.24) is 5.32 Å². The standard InChI is InChI=1S/C16H19ClN2O3/c17-11-5-1-2-6-13(11)19-9-8-12(16(19)22)18-15(21)10-4-3-7-14(10)20/h1-2,5-6,10,12,14,20H,3-4,7-9H2,(H,18,21). The predicted octanol–water partition coefficient (Wildman–Crippen LogP) is 1.72. The van der Waals surface area contributed by atoms with Gasteiger partial charge in [0, 0.05) is 6.54 Å². The van der Waals surface area contributed by atoms with Gasteiger partial charge in [-0.05, 0) is 37.8 Å². The van der Waals surface area contributed by atoms with Crippen LogP contribution in [0, 0.1) is 5.92 Å². The van der Waals surface area contributed by atoms with Crippen molar-refractivity contribution in [2.75, 3.05) is 11.4 Å². The van der Waals surface area contributed by atoms with Crippen LogP contribution in [0.15, 0.2) is 24.3 Å². The number of para-hydroxylation sites is 1. The number of anilines is 1. The number of carbonyl (C=O) groups is 2. The van der Waals surface area contributed by atoms with Crippen LogP contribution in [0.2, 0.25) is 5.02 Å². The number of amides is 2. The SMILES string of the molecule is O=C(NC1CCN(c2ccccc2Cl)C1=O)C1CCCC1O. The van der Waals surface area contributed by atoms with Crippen LogP contribution in [0.1, 0.15) is 25.7 Å². The number of hydrogen-bond donors (Lipinski definition) is 2. The van der Waals surface area contributed by atoms with Crippen LogP contribution in [0.25, 0.3) is 0 Å². The molecule has 0 radical (unpaired) electrons. The van der Waals surface area contributed by atoms with Gasteiger partial charge in [-0.3, -0.25) is 9.59 Å². The fourth-order valence-corrected chi connectivity index (χ4v) is 3.49. The summed E-state index contributed by atoms with van der Waals surface area (Å²) in [6.45, 7) is 0.529. The third-order valence-corrected chi connectivity index (χ3v) is 4.80. The van der Waals surface area contributed by atoms with E-state index < -0.39 is 12.1 Å². The van der Waals surface area contributed by atoms with Crippen LogP contribution in [-0.4, -0.2) is 35.6 Å². The molecule has 3 rings (SSSR count). The second-order valence-electron chi connectivity index (χ2n) is 5.90. The van der Waals surface area contributed by atoms with E-state index in [2.05, 4.69) is 5.32 Å². The van der Waals surface area contributed by atoms with Crippen LogP contribution < -0.4 is 10.2 Å². The number of aliphatic hydroxyl groups excluding tert-OH is 1. The molecule has 1 heterocycles. The maximum Gasteiger partial charge on any atom is 0.249 e. The van der Waals surface area contributed by atoms with Gasteiger partial charge in [-0.1, -0.05) is 23.7 Å². The molecule has 22 heavy (non-hydrogen) atoms. The fourth-order valence-electron chi connectivity index (χ4n) is 3.25. The molecule has 1 aromatic carbocycles. The van der Waals surface area contributed by atoms with E-state index in [0.717, 1.165) is 6.42 Å². The van der Waals surface area contributed by atoms with Crippen LogP contribution in [0.5, 0.6) is 0 Å². The Kier molecular flexibility index (Phi) is 4.36. The zero-order valence-electron chi connectivity index (χ0n) is 12.2. The third-order valence-electron chi connectivity index (χ3n) is 4.48. The van der Waals surface area contributed by atoms with E-state index in [9.17, 15) is 14.7 Å². The zero-order chi connectivity index (χ0) is 15.7. The second kappa shape index (κ2) is 6.26. The Balaban J connectivity index is 1.67. The Morgan fingerprint density at radius 2 is 2.05 bits per heavy atom. The molecule has 1 aliphatic carbocycles. The molecule has 1 saturated heterocycles. The van der Waals surface area contributed by atoms with Crippen molar-refractivity contribution in [2.45, 2.75) is 37.8 Å². The largest absolute Gasteiger partial charge is 0.392 e. The molecule has 0 spiro atoms. The Hall–Kier alpha value is -1.59. The lowest BCUT2D eigenvalue weighted by Gasteiger charge is -2.20. The molecule has 6 heteroatoms. The van der Waals surface area contributed by atoms with Gasteiger partial charge < -0.3 is 15.3 Å². The number of rotatable bonds is 3. The van der Waals surface area contributed by atoms with Gasteiger partial charge in [0.1, 0.15) is 6.04 Å². The lowest BCUT2D eigenvalue weighted by molar-refractivity contribution is -0.131. The molecular weight excluding hydrogens is 304 g/mol. The Morgan fingerprint density at radius 3 is 2.73 bits per heavy atom. The highest BCUT2D eigenvalue weighted by molar-refractivity contribution is 6.34. The van der Waals surface area contributed by atoms with Gasteiger partial charge in [0.25, 0.3) is 0 Å². The normalized spacial score (nSPS) is 28.2. The summed E-state index contributed by atoms with van der Waals surface area (Å²) < 4.78 is 0. The van der Waals surface area contributed by atoms with Gasteiger partial charge in [-0.25, -0.2) is 0 Å². The molecule has 3 unspecified atom stereocenters. The quantitative estimate of drug-likeness (QED) is 0.890. The van der Waals surface area contributed by atoms with E-state index in [-0.39, 0.29) is 17.7 Å². The number of benzene rings is 1. The summed E-state index contributed by atoms with van der Waals surface area (Å²) in [4.78, 5) is 26.3. The second-order valence-corrected chi connectivity index (χ2v) is 6.30. The van der Waals surface area contributed by atoms with Gasteiger partial charge in [0.2, 0.25) is 11.8 Å². The molecule has 2 amide bonds. The summed E-state index contributed by atoms with van der Waals surface area (Å²) >= 11 is 6.13. The lowest BCUT2D eigenvalue weighted by atomic mass is 10.0. The highest BCUT2D eigenvalue weighted by Gasteiger charge is 2.38. The van der Waals surface area contributed by atoms with E-state index in [1.807, 2.05) is 12.1 Å². The number of aliphatic hydroxyl groups is 1. The summed E-state index contributed by atoms with van der Waals surface area (Å²) in [7, 11) is 0. The van der Waals surface area contributed by atoms with Gasteiger partial charge in [-0.15, -0.1) is 0 Å². The minimum absolute atomic E-state index is 0.145. The monoisotopic (exact) mass is 322 g/mol. The van der Waals surface area contributed by atoms with Crippen molar-refractivity contribution >= 4 is 29.1 Å². The Labute approximate surface area is 134 Å². The van der Waals surface area contributed by atoms with Crippen LogP contribution >= 0.6 is 11.6 Å². The zero-order valence-corrected chi connectivity index (χ0v) is 12.9. The van der Waals surface area contributed by atoms with E-state index in [1.165, 1.54) is 0 Å². The van der Waals surface area contributed by atoms with Crippen molar-refractivity contribution in [2.24, 2.45) is 5.92 Å². The highest BCUT2D eigenvalue weighted by Crippen LogP contribution is 2.30. The van der Waals surface area contributed by atoms with Crippen molar-refractivity contribution in [3.63, 3.8) is 0 Å². The van der Waals surface area contributed by atoms with E-state index in [0.29, 0.717) is 36.5 Å². The number of nitrogens with one attached hydrogen (secondary N) is 1. The van der Waals surface area contributed by atoms with E-state index >= 15 is 0 Å². The first kappa shape index (κ1) is 15.3. The molecule has 3 atom stereocenters. The topological polar surface area (TPSA) is 69.6 Å². The summed E-state index contributed by atoms with van der Waals surface area (Å²) in [5.41, 5.74) is 0.673. The molecule has 5 nitrogen and oxygen atoms in total. The maximum absolute atomic E-state index is 12.5.